The molecule has 0 aliphatic rings. The summed E-state index contributed by atoms with van der Waals surface area (Å²) in [5.74, 6) is 0. The Hall–Kier alpha value is -0.750. The predicted octanol–water partition coefficient (Wildman–Crippen LogP) is 3.46. The molecule has 0 amide bonds. The third kappa shape index (κ3) is 2.77. The van der Waals surface area contributed by atoms with Crippen molar-refractivity contribution in [2.75, 3.05) is 0 Å². The molecule has 11 heavy (non-hydrogen) atoms. The maximum atomic E-state index is 5.77. The first-order valence-electron chi connectivity index (χ1n) is 3.66. The van der Waals surface area contributed by atoms with Gasteiger partial charge in [-0.05, 0) is 30.2 Å². The van der Waals surface area contributed by atoms with Gasteiger partial charge in [-0.2, -0.15) is 0 Å². The molecule has 0 saturated heterocycles. The van der Waals surface area contributed by atoms with E-state index in [2.05, 4.69) is 13.0 Å². The fraction of sp³-hybridized carbons (Fsp3) is 0.200. The lowest BCUT2D eigenvalue weighted by atomic mass is 10.2. The predicted molar refractivity (Wildman–Crippen MR) is 48.7 cm³/mol. The molecule has 0 fully saturated rings. The molecule has 0 aliphatic carbocycles. The molecule has 0 unspecified atom stereocenters. The number of allylic oxidation sites excluding steroid dienone is 1. The van der Waals surface area contributed by atoms with Gasteiger partial charge in [0, 0.05) is 5.02 Å². The Morgan fingerprint density at radius 1 is 1.55 bits per heavy atom. The lowest BCUT2D eigenvalue weighted by molar-refractivity contribution is 1.21. The first-order chi connectivity index (χ1) is 5.33. The highest BCUT2D eigenvalue weighted by atomic mass is 35.5. The van der Waals surface area contributed by atoms with E-state index in [1.807, 2.05) is 30.3 Å². The molecular weight excluding hydrogens is 156 g/mol. The zero-order valence-electron chi connectivity index (χ0n) is 6.47. The highest BCUT2D eigenvalue weighted by molar-refractivity contribution is 6.30. The Morgan fingerprint density at radius 2 is 2.36 bits per heavy atom. The van der Waals surface area contributed by atoms with E-state index in [-0.39, 0.29) is 0 Å². The molecule has 1 heteroatoms. The third-order valence-corrected chi connectivity index (χ3v) is 1.53. The van der Waals surface area contributed by atoms with Crippen LogP contribution in [-0.4, -0.2) is 0 Å². The van der Waals surface area contributed by atoms with Gasteiger partial charge in [0.25, 0.3) is 0 Å². The summed E-state index contributed by atoms with van der Waals surface area (Å²) in [6.07, 6.45) is 6.12. The van der Waals surface area contributed by atoms with Crippen LogP contribution in [-0.2, 0) is 0 Å². The van der Waals surface area contributed by atoms with Gasteiger partial charge in [0.1, 0.15) is 0 Å². The van der Waals surface area contributed by atoms with Crippen LogP contribution in [0.15, 0.2) is 30.3 Å². The lowest BCUT2D eigenvalue weighted by Gasteiger charge is -1.91. The standard InChI is InChI=1S/C10H10Cl/c1-2-3-5-9-6-4-7-10(11)8-9/h3-4,6-8H,2H2,1H3. The van der Waals surface area contributed by atoms with Crippen LogP contribution < -0.4 is 0 Å². The van der Waals surface area contributed by atoms with Gasteiger partial charge < -0.3 is 0 Å². The summed E-state index contributed by atoms with van der Waals surface area (Å²) in [6.45, 7) is 2.08. The second kappa shape index (κ2) is 4.20. The lowest BCUT2D eigenvalue weighted by Crippen LogP contribution is -1.72. The van der Waals surface area contributed by atoms with Crippen molar-refractivity contribution in [1.82, 2.24) is 0 Å². The highest BCUT2D eigenvalue weighted by Crippen LogP contribution is 2.10. The van der Waals surface area contributed by atoms with Crippen LogP contribution in [0.5, 0.6) is 0 Å². The molecule has 57 valence electrons. The average molecular weight is 166 g/mol. The Morgan fingerprint density at radius 3 is 3.00 bits per heavy atom. The zero-order chi connectivity index (χ0) is 8.10. The van der Waals surface area contributed by atoms with Crippen molar-refractivity contribution in [3.05, 3.63) is 47.0 Å². The van der Waals surface area contributed by atoms with Crippen molar-refractivity contribution >= 4 is 11.6 Å². The summed E-state index contributed by atoms with van der Waals surface area (Å²) in [7, 11) is 0. The van der Waals surface area contributed by atoms with Gasteiger partial charge in [0.15, 0.2) is 0 Å². The minimum absolute atomic E-state index is 0.763. The summed E-state index contributed by atoms with van der Waals surface area (Å²) in [5.41, 5.74) is 1.04. The summed E-state index contributed by atoms with van der Waals surface area (Å²) in [6, 6.07) is 7.67. The molecule has 0 nitrogen and oxygen atoms in total. The number of hydrogen-bond donors (Lipinski definition) is 0. The van der Waals surface area contributed by atoms with Gasteiger partial charge in [0.05, 0.1) is 0 Å². The molecule has 1 aromatic carbocycles. The van der Waals surface area contributed by atoms with Crippen LogP contribution in [0.4, 0.5) is 0 Å². The number of hydrogen-bond acceptors (Lipinski definition) is 0. The average Bonchev–Trinajstić information content (AvgIpc) is 2.01. The molecule has 0 N–H and O–H groups in total. The fourth-order valence-electron chi connectivity index (χ4n) is 0.798. The van der Waals surface area contributed by atoms with E-state index in [0.717, 1.165) is 17.0 Å². The van der Waals surface area contributed by atoms with Crippen molar-refractivity contribution in [1.29, 1.82) is 0 Å². The zero-order valence-corrected chi connectivity index (χ0v) is 7.23. The van der Waals surface area contributed by atoms with Crippen molar-refractivity contribution in [3.63, 3.8) is 0 Å². The Bertz CT molecular complexity index is 251. The van der Waals surface area contributed by atoms with E-state index in [0.29, 0.717) is 0 Å². The molecule has 1 aromatic rings. The van der Waals surface area contributed by atoms with Crippen molar-refractivity contribution in [2.45, 2.75) is 13.3 Å². The number of halogens is 1. The van der Waals surface area contributed by atoms with Gasteiger partial charge >= 0.3 is 0 Å². The van der Waals surface area contributed by atoms with E-state index in [1.165, 1.54) is 0 Å². The molecule has 0 atom stereocenters. The van der Waals surface area contributed by atoms with E-state index in [4.69, 9.17) is 11.6 Å². The van der Waals surface area contributed by atoms with Crippen molar-refractivity contribution in [3.8, 4) is 0 Å². The van der Waals surface area contributed by atoms with Gasteiger partial charge in [-0.15, -0.1) is 0 Å². The van der Waals surface area contributed by atoms with Crippen LogP contribution in [0, 0.1) is 6.08 Å². The highest BCUT2D eigenvalue weighted by Gasteiger charge is 1.87. The molecular formula is C10H10Cl. The molecule has 0 aromatic heterocycles. The number of benzene rings is 1. The second-order valence-corrected chi connectivity index (χ2v) is 2.70. The maximum Gasteiger partial charge on any atom is 0.0412 e. The van der Waals surface area contributed by atoms with Crippen molar-refractivity contribution < 1.29 is 0 Å². The topological polar surface area (TPSA) is 0 Å². The number of rotatable bonds is 2. The van der Waals surface area contributed by atoms with E-state index < -0.39 is 0 Å². The molecule has 0 aliphatic heterocycles. The minimum Gasteiger partial charge on any atom is -0.0843 e. The molecule has 0 heterocycles. The smallest absolute Gasteiger partial charge is 0.0412 e. The Balaban J connectivity index is 2.79. The van der Waals surface area contributed by atoms with E-state index >= 15 is 0 Å². The largest absolute Gasteiger partial charge is 0.0843 e. The summed E-state index contributed by atoms with van der Waals surface area (Å²) >= 11 is 5.77. The van der Waals surface area contributed by atoms with Crippen LogP contribution in [0.2, 0.25) is 5.02 Å². The second-order valence-electron chi connectivity index (χ2n) is 2.27. The first kappa shape index (κ1) is 8.35. The SMILES string of the molecule is CC/C=[C]\c1cccc(Cl)c1. The molecule has 0 saturated carbocycles. The minimum atomic E-state index is 0.763. The van der Waals surface area contributed by atoms with Gasteiger partial charge in [-0.3, -0.25) is 0 Å². The Labute approximate surface area is 72.5 Å². The normalized spacial score (nSPS) is 10.7. The van der Waals surface area contributed by atoms with Crippen LogP contribution in [0.1, 0.15) is 18.9 Å². The van der Waals surface area contributed by atoms with E-state index in [1.54, 1.807) is 0 Å². The molecule has 0 spiro atoms. The van der Waals surface area contributed by atoms with Crippen molar-refractivity contribution in [2.24, 2.45) is 0 Å². The van der Waals surface area contributed by atoms with Gasteiger partial charge in [-0.1, -0.05) is 36.7 Å². The van der Waals surface area contributed by atoms with E-state index in [9.17, 15) is 0 Å². The van der Waals surface area contributed by atoms with Crippen LogP contribution >= 0.6 is 11.6 Å². The fourth-order valence-corrected chi connectivity index (χ4v) is 0.988. The molecule has 0 bridgehead atoms. The Kier molecular flexibility index (Phi) is 3.18. The molecule has 1 rings (SSSR count). The maximum absolute atomic E-state index is 5.77. The first-order valence-corrected chi connectivity index (χ1v) is 4.04. The van der Waals surface area contributed by atoms with Crippen LogP contribution in [0.3, 0.4) is 0 Å². The summed E-state index contributed by atoms with van der Waals surface area (Å²) in [4.78, 5) is 0. The molecule has 1 radical (unpaired) electrons. The van der Waals surface area contributed by atoms with Gasteiger partial charge in [-0.25, -0.2) is 0 Å². The third-order valence-electron chi connectivity index (χ3n) is 1.30. The monoisotopic (exact) mass is 165 g/mol. The quantitative estimate of drug-likeness (QED) is 0.630. The summed E-state index contributed by atoms with van der Waals surface area (Å²) in [5, 5.41) is 0.763. The van der Waals surface area contributed by atoms with Gasteiger partial charge in [0.2, 0.25) is 0 Å². The summed E-state index contributed by atoms with van der Waals surface area (Å²) < 4.78 is 0. The van der Waals surface area contributed by atoms with Crippen LogP contribution in [0.25, 0.3) is 0 Å².